The van der Waals surface area contributed by atoms with E-state index in [0.29, 0.717) is 11.8 Å². The second-order valence-electron chi connectivity index (χ2n) is 4.05. The lowest BCUT2D eigenvalue weighted by Crippen LogP contribution is -2.17. The lowest BCUT2D eigenvalue weighted by atomic mass is 10.2. The van der Waals surface area contributed by atoms with Gasteiger partial charge in [0.2, 0.25) is 0 Å². The summed E-state index contributed by atoms with van der Waals surface area (Å²) in [7, 11) is 0. The molecule has 2 aromatic rings. The highest BCUT2D eigenvalue weighted by atomic mass is 32.2. The van der Waals surface area contributed by atoms with E-state index in [1.54, 1.807) is 11.3 Å². The molecular formula is C11H15N3OS2. The van der Waals surface area contributed by atoms with Crippen LogP contribution in [0.5, 0.6) is 0 Å². The zero-order valence-corrected chi connectivity index (χ0v) is 11.1. The van der Waals surface area contributed by atoms with E-state index in [1.165, 1.54) is 0 Å². The van der Waals surface area contributed by atoms with Crippen LogP contribution in [0, 0.1) is 0 Å². The molecule has 0 bridgehead atoms. The molecule has 1 aliphatic rings. The Balaban J connectivity index is 1.85. The highest BCUT2D eigenvalue weighted by Crippen LogP contribution is 2.32. The standard InChI is InChI=1S/C11H15N3OS2/c12-7-9-10(13-11-14(9)3-6-16-11)17-8-1-4-15-5-2-8/h3,6,8H,1-2,4-5,7,12H2. The van der Waals surface area contributed by atoms with Gasteiger partial charge in [-0.25, -0.2) is 4.98 Å². The van der Waals surface area contributed by atoms with Gasteiger partial charge in [-0.15, -0.1) is 23.1 Å². The van der Waals surface area contributed by atoms with Crippen LogP contribution < -0.4 is 5.73 Å². The zero-order chi connectivity index (χ0) is 11.7. The van der Waals surface area contributed by atoms with Crippen molar-refractivity contribution in [3.63, 3.8) is 0 Å². The number of thioether (sulfide) groups is 1. The Kier molecular flexibility index (Phi) is 3.37. The van der Waals surface area contributed by atoms with Gasteiger partial charge in [0.15, 0.2) is 4.96 Å². The fourth-order valence-electron chi connectivity index (χ4n) is 2.04. The number of hydrogen-bond acceptors (Lipinski definition) is 5. The molecule has 0 aromatic carbocycles. The molecule has 0 radical (unpaired) electrons. The minimum Gasteiger partial charge on any atom is -0.381 e. The lowest BCUT2D eigenvalue weighted by molar-refractivity contribution is 0.1000. The highest BCUT2D eigenvalue weighted by Gasteiger charge is 2.19. The van der Waals surface area contributed by atoms with Gasteiger partial charge in [0.1, 0.15) is 5.03 Å². The number of rotatable bonds is 3. The van der Waals surface area contributed by atoms with E-state index in [1.807, 2.05) is 23.3 Å². The molecule has 3 heterocycles. The molecule has 0 atom stereocenters. The van der Waals surface area contributed by atoms with E-state index in [2.05, 4.69) is 9.38 Å². The Bertz CT molecular complexity index is 502. The fraction of sp³-hybridized carbons (Fsp3) is 0.545. The average molecular weight is 269 g/mol. The van der Waals surface area contributed by atoms with Crippen LogP contribution >= 0.6 is 23.1 Å². The minimum absolute atomic E-state index is 0.545. The van der Waals surface area contributed by atoms with Gasteiger partial charge >= 0.3 is 0 Å². The Morgan fingerprint density at radius 2 is 2.35 bits per heavy atom. The fourth-order valence-corrected chi connectivity index (χ4v) is 4.04. The van der Waals surface area contributed by atoms with Crippen molar-refractivity contribution in [3.05, 3.63) is 17.3 Å². The van der Waals surface area contributed by atoms with Gasteiger partial charge in [0, 0.05) is 36.6 Å². The summed E-state index contributed by atoms with van der Waals surface area (Å²) in [5, 5.41) is 3.77. The van der Waals surface area contributed by atoms with Crippen LogP contribution in [-0.4, -0.2) is 27.8 Å². The number of aromatic nitrogens is 2. The summed E-state index contributed by atoms with van der Waals surface area (Å²) in [5.74, 6) is 0. The molecule has 4 nitrogen and oxygen atoms in total. The number of hydrogen-bond donors (Lipinski definition) is 1. The molecular weight excluding hydrogens is 254 g/mol. The number of fused-ring (bicyclic) bond motifs is 1. The molecule has 0 unspecified atom stereocenters. The first-order valence-electron chi connectivity index (χ1n) is 5.77. The molecule has 0 saturated carbocycles. The van der Waals surface area contributed by atoms with E-state index in [0.717, 1.165) is 41.7 Å². The number of imidazole rings is 1. The van der Waals surface area contributed by atoms with Crippen LogP contribution in [0.1, 0.15) is 18.5 Å². The molecule has 2 N–H and O–H groups in total. The second-order valence-corrected chi connectivity index (χ2v) is 6.22. The van der Waals surface area contributed by atoms with Gasteiger partial charge in [-0.3, -0.25) is 4.40 Å². The van der Waals surface area contributed by atoms with Crippen LogP contribution in [0.15, 0.2) is 16.6 Å². The third kappa shape index (κ3) is 2.22. The van der Waals surface area contributed by atoms with Gasteiger partial charge in [-0.05, 0) is 12.8 Å². The van der Waals surface area contributed by atoms with Crippen molar-refractivity contribution in [2.75, 3.05) is 13.2 Å². The largest absolute Gasteiger partial charge is 0.381 e. The lowest BCUT2D eigenvalue weighted by Gasteiger charge is -2.20. The SMILES string of the molecule is NCc1c(SC2CCOCC2)nc2sccn12. The van der Waals surface area contributed by atoms with Gasteiger partial charge in [0.05, 0.1) is 5.69 Å². The monoisotopic (exact) mass is 269 g/mol. The molecule has 0 aliphatic carbocycles. The number of ether oxygens (including phenoxy) is 1. The normalized spacial score (nSPS) is 17.9. The maximum Gasteiger partial charge on any atom is 0.194 e. The Hall–Kier alpha value is -0.560. The summed E-state index contributed by atoms with van der Waals surface area (Å²) in [4.78, 5) is 5.70. The number of nitrogens with two attached hydrogens (primary N) is 1. The third-order valence-electron chi connectivity index (χ3n) is 2.96. The van der Waals surface area contributed by atoms with Gasteiger partial charge in [0.25, 0.3) is 0 Å². The van der Waals surface area contributed by atoms with Crippen molar-refractivity contribution in [2.24, 2.45) is 5.73 Å². The molecule has 0 amide bonds. The molecule has 1 aliphatic heterocycles. The smallest absolute Gasteiger partial charge is 0.194 e. The maximum atomic E-state index is 5.83. The predicted molar refractivity (Wildman–Crippen MR) is 70.7 cm³/mol. The summed E-state index contributed by atoms with van der Waals surface area (Å²) in [5.41, 5.74) is 6.97. The van der Waals surface area contributed by atoms with E-state index in [-0.39, 0.29) is 0 Å². The van der Waals surface area contributed by atoms with Crippen LogP contribution in [0.4, 0.5) is 0 Å². The van der Waals surface area contributed by atoms with Crippen molar-refractivity contribution in [1.29, 1.82) is 0 Å². The van der Waals surface area contributed by atoms with E-state index >= 15 is 0 Å². The third-order valence-corrected chi connectivity index (χ3v) is 5.08. The highest BCUT2D eigenvalue weighted by molar-refractivity contribution is 7.99. The summed E-state index contributed by atoms with van der Waals surface area (Å²) in [6, 6.07) is 0. The quantitative estimate of drug-likeness (QED) is 0.927. The van der Waals surface area contributed by atoms with Crippen LogP contribution in [0.3, 0.4) is 0 Å². The Morgan fingerprint density at radius 1 is 1.53 bits per heavy atom. The van der Waals surface area contributed by atoms with Crippen LogP contribution in [0.25, 0.3) is 4.96 Å². The summed E-state index contributed by atoms with van der Waals surface area (Å²) in [6.07, 6.45) is 4.27. The van der Waals surface area contributed by atoms with Crippen LogP contribution in [0.2, 0.25) is 0 Å². The van der Waals surface area contributed by atoms with Crippen LogP contribution in [-0.2, 0) is 11.3 Å². The molecule has 1 fully saturated rings. The summed E-state index contributed by atoms with van der Waals surface area (Å²) in [6.45, 7) is 2.29. The van der Waals surface area contributed by atoms with E-state index < -0.39 is 0 Å². The maximum absolute atomic E-state index is 5.83. The number of nitrogens with zero attached hydrogens (tertiary/aromatic N) is 2. The molecule has 6 heteroatoms. The van der Waals surface area contributed by atoms with Crippen molar-refractivity contribution in [3.8, 4) is 0 Å². The average Bonchev–Trinajstić information content (AvgIpc) is 2.90. The molecule has 1 saturated heterocycles. The topological polar surface area (TPSA) is 52.5 Å². The first-order chi connectivity index (χ1) is 8.38. The summed E-state index contributed by atoms with van der Waals surface area (Å²) >= 11 is 3.52. The molecule has 17 heavy (non-hydrogen) atoms. The van der Waals surface area contributed by atoms with Crippen molar-refractivity contribution < 1.29 is 4.74 Å². The van der Waals surface area contributed by atoms with Crippen molar-refractivity contribution in [1.82, 2.24) is 9.38 Å². The first-order valence-corrected chi connectivity index (χ1v) is 7.53. The van der Waals surface area contributed by atoms with E-state index in [9.17, 15) is 0 Å². The molecule has 2 aromatic heterocycles. The zero-order valence-electron chi connectivity index (χ0n) is 9.46. The second kappa shape index (κ2) is 4.97. The molecule has 92 valence electrons. The molecule has 3 rings (SSSR count). The van der Waals surface area contributed by atoms with Crippen molar-refractivity contribution >= 4 is 28.1 Å². The summed E-state index contributed by atoms with van der Waals surface area (Å²) < 4.78 is 7.48. The molecule has 0 spiro atoms. The van der Waals surface area contributed by atoms with E-state index in [4.69, 9.17) is 10.5 Å². The number of thiazole rings is 1. The van der Waals surface area contributed by atoms with Crippen molar-refractivity contribution in [2.45, 2.75) is 29.7 Å². The minimum atomic E-state index is 0.545. The van der Waals surface area contributed by atoms with Gasteiger partial charge in [-0.2, -0.15) is 0 Å². The van der Waals surface area contributed by atoms with Gasteiger partial charge < -0.3 is 10.5 Å². The van der Waals surface area contributed by atoms with Gasteiger partial charge in [-0.1, -0.05) is 0 Å². The Labute approximate surface area is 108 Å². The Morgan fingerprint density at radius 3 is 3.12 bits per heavy atom. The predicted octanol–water partition coefficient (Wildman–Crippen LogP) is 2.13. The first kappa shape index (κ1) is 11.5.